The lowest BCUT2D eigenvalue weighted by atomic mass is 10.0. The van der Waals surface area contributed by atoms with Gasteiger partial charge in [0, 0.05) is 6.61 Å². The van der Waals surface area contributed by atoms with Crippen LogP contribution < -0.4 is 0 Å². The Kier molecular flexibility index (Phi) is 14.4. The van der Waals surface area contributed by atoms with Gasteiger partial charge in [-0.25, -0.2) is 0 Å². The molecule has 0 saturated carbocycles. The summed E-state index contributed by atoms with van der Waals surface area (Å²) in [6.45, 7) is 9.56. The normalized spacial score (nSPS) is 11.2. The Balaban J connectivity index is 3.78. The predicted molar refractivity (Wildman–Crippen MR) is 90.2 cm³/mol. The predicted octanol–water partition coefficient (Wildman–Crippen LogP) is 4.82. The van der Waals surface area contributed by atoms with Crippen LogP contribution >= 0.6 is 0 Å². The van der Waals surface area contributed by atoms with E-state index < -0.39 is 0 Å². The van der Waals surface area contributed by atoms with Gasteiger partial charge in [-0.1, -0.05) is 25.0 Å². The molecule has 0 bridgehead atoms. The fraction of sp³-hybridized carbons (Fsp3) is 0.778. The Morgan fingerprint density at radius 2 is 1.45 bits per heavy atom. The second kappa shape index (κ2) is 14.8. The molecule has 0 spiro atoms. The number of hydrogen-bond donors (Lipinski definition) is 0. The van der Waals surface area contributed by atoms with Crippen molar-refractivity contribution in [1.82, 2.24) is 4.90 Å². The maximum absolute atomic E-state index is 6.07. The summed E-state index contributed by atoms with van der Waals surface area (Å²) in [6, 6.07) is 0. The third-order valence-electron chi connectivity index (χ3n) is 3.47. The van der Waals surface area contributed by atoms with Crippen LogP contribution in [0.15, 0.2) is 25.3 Å². The van der Waals surface area contributed by atoms with Crippen molar-refractivity contribution in [1.29, 1.82) is 0 Å². The summed E-state index contributed by atoms with van der Waals surface area (Å²) in [5.74, 6) is 0. The van der Waals surface area contributed by atoms with E-state index in [1.165, 1.54) is 38.5 Å². The van der Waals surface area contributed by atoms with Crippen molar-refractivity contribution in [3.05, 3.63) is 25.3 Å². The molecule has 0 aliphatic heterocycles. The lowest BCUT2D eigenvalue weighted by Crippen LogP contribution is -2.18. The highest BCUT2D eigenvalue weighted by Gasteiger charge is 2.08. The van der Waals surface area contributed by atoms with Gasteiger partial charge >= 0.3 is 0 Å². The highest BCUT2D eigenvalue weighted by Crippen LogP contribution is 2.15. The summed E-state index contributed by atoms with van der Waals surface area (Å²) >= 11 is 0. The van der Waals surface area contributed by atoms with Gasteiger partial charge in [0.2, 0.25) is 0 Å². The van der Waals surface area contributed by atoms with Crippen LogP contribution in [0.1, 0.15) is 57.8 Å². The highest BCUT2D eigenvalue weighted by atomic mass is 16.5. The Morgan fingerprint density at radius 3 is 1.90 bits per heavy atom. The van der Waals surface area contributed by atoms with Gasteiger partial charge in [0.15, 0.2) is 0 Å². The second-order valence-electron chi connectivity index (χ2n) is 5.80. The van der Waals surface area contributed by atoms with E-state index in [0.717, 1.165) is 32.4 Å². The number of rotatable bonds is 15. The van der Waals surface area contributed by atoms with Crippen molar-refractivity contribution in [3.8, 4) is 0 Å². The third-order valence-corrected chi connectivity index (χ3v) is 3.47. The van der Waals surface area contributed by atoms with E-state index in [4.69, 9.17) is 4.74 Å². The fourth-order valence-corrected chi connectivity index (χ4v) is 2.26. The first kappa shape index (κ1) is 19.4. The summed E-state index contributed by atoms with van der Waals surface area (Å²) in [6.07, 6.45) is 15.3. The molecule has 0 aliphatic rings. The smallest absolute Gasteiger partial charge is 0.0575 e. The molecule has 0 aromatic heterocycles. The molecule has 0 saturated heterocycles. The van der Waals surface area contributed by atoms with E-state index in [9.17, 15) is 0 Å². The van der Waals surface area contributed by atoms with Crippen LogP contribution in [0.2, 0.25) is 0 Å². The van der Waals surface area contributed by atoms with Crippen LogP contribution in [0.5, 0.6) is 0 Å². The summed E-state index contributed by atoms with van der Waals surface area (Å²) in [7, 11) is 4.23. The first-order valence-corrected chi connectivity index (χ1v) is 8.18. The Hall–Kier alpha value is -0.600. The number of allylic oxidation sites excluding steroid dienone is 2. The van der Waals surface area contributed by atoms with E-state index >= 15 is 0 Å². The van der Waals surface area contributed by atoms with Crippen molar-refractivity contribution in [2.45, 2.75) is 63.9 Å². The third kappa shape index (κ3) is 13.8. The zero-order valence-corrected chi connectivity index (χ0v) is 13.8. The minimum Gasteiger partial charge on any atom is -0.378 e. The average Bonchev–Trinajstić information content (AvgIpc) is 2.43. The largest absolute Gasteiger partial charge is 0.378 e. The van der Waals surface area contributed by atoms with Crippen LogP contribution in [0, 0.1) is 0 Å². The lowest BCUT2D eigenvalue weighted by molar-refractivity contribution is 0.0345. The maximum atomic E-state index is 6.07. The summed E-state index contributed by atoms with van der Waals surface area (Å²) in [5, 5.41) is 0. The Bertz CT molecular complexity index is 209. The molecule has 0 N–H and O–H groups in total. The van der Waals surface area contributed by atoms with E-state index in [1.54, 1.807) is 0 Å². The molecule has 118 valence electrons. The van der Waals surface area contributed by atoms with Gasteiger partial charge in [0.1, 0.15) is 0 Å². The maximum Gasteiger partial charge on any atom is 0.0575 e. The van der Waals surface area contributed by atoms with E-state index in [1.807, 2.05) is 12.2 Å². The van der Waals surface area contributed by atoms with Crippen molar-refractivity contribution in [2.75, 3.05) is 27.2 Å². The van der Waals surface area contributed by atoms with Crippen LogP contribution in [0.4, 0.5) is 0 Å². The molecule has 2 heteroatoms. The molecular weight excluding hydrogens is 246 g/mol. The molecule has 0 heterocycles. The van der Waals surface area contributed by atoms with Crippen molar-refractivity contribution in [3.63, 3.8) is 0 Å². The Labute approximate surface area is 126 Å². The van der Waals surface area contributed by atoms with Crippen LogP contribution in [0.25, 0.3) is 0 Å². The first-order valence-electron chi connectivity index (χ1n) is 8.18. The van der Waals surface area contributed by atoms with E-state index in [0.29, 0.717) is 6.10 Å². The molecule has 20 heavy (non-hydrogen) atoms. The molecule has 0 amide bonds. The molecule has 0 aliphatic carbocycles. The molecule has 0 aromatic carbocycles. The van der Waals surface area contributed by atoms with Crippen molar-refractivity contribution >= 4 is 0 Å². The molecular formula is C18H35NO. The van der Waals surface area contributed by atoms with E-state index in [-0.39, 0.29) is 0 Å². The molecule has 0 aromatic rings. The number of unbranched alkanes of at least 4 members (excludes halogenated alkanes) is 4. The molecule has 0 unspecified atom stereocenters. The second-order valence-corrected chi connectivity index (χ2v) is 5.80. The summed E-state index contributed by atoms with van der Waals surface area (Å²) < 4.78 is 6.07. The first-order chi connectivity index (χ1) is 9.70. The van der Waals surface area contributed by atoms with Crippen LogP contribution in [-0.2, 0) is 4.74 Å². The van der Waals surface area contributed by atoms with Crippen LogP contribution in [-0.4, -0.2) is 38.3 Å². The molecule has 0 rings (SSSR count). The molecule has 0 radical (unpaired) electrons. The van der Waals surface area contributed by atoms with Crippen molar-refractivity contribution < 1.29 is 4.74 Å². The quantitative estimate of drug-likeness (QED) is 0.315. The SMILES string of the molecule is C=CCCCCC(CCCCC=C)OCCCN(C)C. The highest BCUT2D eigenvalue weighted by molar-refractivity contribution is 4.69. The van der Waals surface area contributed by atoms with Gasteiger partial charge in [0.05, 0.1) is 6.10 Å². The zero-order valence-electron chi connectivity index (χ0n) is 13.8. The zero-order chi connectivity index (χ0) is 15.1. The minimum absolute atomic E-state index is 0.451. The fourth-order valence-electron chi connectivity index (χ4n) is 2.26. The molecule has 2 nitrogen and oxygen atoms in total. The van der Waals surface area contributed by atoms with Gasteiger partial charge in [-0.3, -0.25) is 0 Å². The number of hydrogen-bond acceptors (Lipinski definition) is 2. The lowest BCUT2D eigenvalue weighted by Gasteiger charge is -2.18. The van der Waals surface area contributed by atoms with Gasteiger partial charge < -0.3 is 9.64 Å². The number of nitrogens with zero attached hydrogens (tertiary/aromatic N) is 1. The Morgan fingerprint density at radius 1 is 0.900 bits per heavy atom. The van der Waals surface area contributed by atoms with Gasteiger partial charge in [-0.05, 0) is 65.6 Å². The summed E-state index contributed by atoms with van der Waals surface area (Å²) in [4.78, 5) is 2.21. The monoisotopic (exact) mass is 281 g/mol. The summed E-state index contributed by atoms with van der Waals surface area (Å²) in [5.41, 5.74) is 0. The van der Waals surface area contributed by atoms with Crippen molar-refractivity contribution in [2.24, 2.45) is 0 Å². The molecule has 0 fully saturated rings. The standard InChI is InChI=1S/C18H35NO/c1-5-7-9-11-14-18(15-12-10-8-6-2)20-17-13-16-19(3)4/h5-6,18H,1-2,7-17H2,3-4H3. The van der Waals surface area contributed by atoms with E-state index in [2.05, 4.69) is 32.2 Å². The minimum atomic E-state index is 0.451. The van der Waals surface area contributed by atoms with Gasteiger partial charge in [0.25, 0.3) is 0 Å². The van der Waals surface area contributed by atoms with Gasteiger partial charge in [-0.15, -0.1) is 13.2 Å². The topological polar surface area (TPSA) is 12.5 Å². The average molecular weight is 281 g/mol. The van der Waals surface area contributed by atoms with Crippen LogP contribution in [0.3, 0.4) is 0 Å². The number of ether oxygens (including phenoxy) is 1. The van der Waals surface area contributed by atoms with Gasteiger partial charge in [-0.2, -0.15) is 0 Å². The molecule has 0 atom stereocenters.